The van der Waals surface area contributed by atoms with Crippen molar-refractivity contribution in [2.24, 2.45) is 0 Å². The lowest BCUT2D eigenvalue weighted by molar-refractivity contribution is 0.0596. The Labute approximate surface area is 157 Å². The highest BCUT2D eigenvalue weighted by atomic mass is 32.2. The van der Waals surface area contributed by atoms with Crippen LogP contribution in [0, 0.1) is 6.92 Å². The SMILES string of the molecule is COC(=O)c1cn(Cc2ccccc2C)nc1S(=O)(=O)N1CCSCC1. The molecule has 1 fully saturated rings. The van der Waals surface area contributed by atoms with Crippen molar-refractivity contribution < 1.29 is 17.9 Å². The third kappa shape index (κ3) is 3.79. The highest BCUT2D eigenvalue weighted by molar-refractivity contribution is 7.99. The average Bonchev–Trinajstić information content (AvgIpc) is 3.08. The lowest BCUT2D eigenvalue weighted by Gasteiger charge is -2.24. The summed E-state index contributed by atoms with van der Waals surface area (Å²) in [4.78, 5) is 12.1. The number of carbonyl (C=O) groups excluding carboxylic acids is 1. The largest absolute Gasteiger partial charge is 0.465 e. The Bertz CT molecular complexity index is 902. The summed E-state index contributed by atoms with van der Waals surface area (Å²) in [7, 11) is -2.61. The first kappa shape index (κ1) is 18.9. The summed E-state index contributed by atoms with van der Waals surface area (Å²) in [6, 6.07) is 7.77. The number of hydrogen-bond donors (Lipinski definition) is 0. The van der Waals surface area contributed by atoms with E-state index in [1.54, 1.807) is 11.8 Å². The van der Waals surface area contributed by atoms with E-state index in [2.05, 4.69) is 5.10 Å². The van der Waals surface area contributed by atoms with Crippen LogP contribution >= 0.6 is 11.8 Å². The molecule has 1 aromatic heterocycles. The van der Waals surface area contributed by atoms with Gasteiger partial charge in [0.15, 0.2) is 0 Å². The van der Waals surface area contributed by atoms with E-state index in [9.17, 15) is 13.2 Å². The fourth-order valence-corrected chi connectivity index (χ4v) is 5.46. The van der Waals surface area contributed by atoms with E-state index in [0.29, 0.717) is 19.6 Å². The van der Waals surface area contributed by atoms with Gasteiger partial charge < -0.3 is 4.74 Å². The van der Waals surface area contributed by atoms with E-state index < -0.39 is 16.0 Å². The molecule has 0 atom stereocenters. The first-order chi connectivity index (χ1) is 12.4. The van der Waals surface area contributed by atoms with Crippen LogP contribution in [0.15, 0.2) is 35.5 Å². The molecule has 0 aliphatic carbocycles. The molecule has 9 heteroatoms. The molecule has 0 amide bonds. The van der Waals surface area contributed by atoms with Gasteiger partial charge in [-0.25, -0.2) is 13.2 Å². The van der Waals surface area contributed by atoms with Crippen LogP contribution in [0.4, 0.5) is 0 Å². The van der Waals surface area contributed by atoms with Gasteiger partial charge in [0, 0.05) is 30.8 Å². The Morgan fingerprint density at radius 3 is 2.62 bits per heavy atom. The molecule has 2 heterocycles. The topological polar surface area (TPSA) is 81.5 Å². The minimum atomic E-state index is -3.84. The van der Waals surface area contributed by atoms with Crippen molar-refractivity contribution in [1.29, 1.82) is 0 Å². The maximum atomic E-state index is 13.0. The zero-order chi connectivity index (χ0) is 18.7. The number of aryl methyl sites for hydroxylation is 1. The Morgan fingerprint density at radius 1 is 1.27 bits per heavy atom. The van der Waals surface area contributed by atoms with Gasteiger partial charge in [0.05, 0.1) is 13.7 Å². The van der Waals surface area contributed by atoms with Crippen molar-refractivity contribution in [1.82, 2.24) is 14.1 Å². The predicted octanol–water partition coefficient (Wildman–Crippen LogP) is 1.76. The fourth-order valence-electron chi connectivity index (χ4n) is 2.80. The van der Waals surface area contributed by atoms with Crippen LogP contribution in [-0.4, -0.2) is 60.2 Å². The smallest absolute Gasteiger partial charge is 0.342 e. The molecule has 0 radical (unpaired) electrons. The van der Waals surface area contributed by atoms with Gasteiger partial charge in [0.25, 0.3) is 10.0 Å². The summed E-state index contributed by atoms with van der Waals surface area (Å²) in [5, 5.41) is 4.01. The van der Waals surface area contributed by atoms with Gasteiger partial charge in [0.1, 0.15) is 5.56 Å². The molecule has 1 aromatic carbocycles. The maximum Gasteiger partial charge on any atom is 0.342 e. The number of methoxy groups -OCH3 is 1. The van der Waals surface area contributed by atoms with Gasteiger partial charge >= 0.3 is 5.97 Å². The first-order valence-corrected chi connectivity index (χ1v) is 10.8. The van der Waals surface area contributed by atoms with E-state index in [1.165, 1.54) is 22.3 Å². The zero-order valence-electron chi connectivity index (χ0n) is 14.7. The molecule has 0 N–H and O–H groups in total. The predicted molar refractivity (Wildman–Crippen MR) is 99.9 cm³/mol. The number of rotatable bonds is 5. The second-order valence-electron chi connectivity index (χ2n) is 5.98. The Hall–Kier alpha value is -1.84. The third-order valence-corrected chi connectivity index (χ3v) is 7.06. The second-order valence-corrected chi connectivity index (χ2v) is 9.06. The fraction of sp³-hybridized carbons (Fsp3) is 0.412. The lowest BCUT2D eigenvalue weighted by atomic mass is 10.1. The highest BCUT2D eigenvalue weighted by Gasteiger charge is 2.34. The summed E-state index contributed by atoms with van der Waals surface area (Å²) in [5.74, 6) is 0.763. The summed E-state index contributed by atoms with van der Waals surface area (Å²) < 4.78 is 33.6. The minimum absolute atomic E-state index is 0.0284. The van der Waals surface area contributed by atoms with E-state index in [1.807, 2.05) is 31.2 Å². The monoisotopic (exact) mass is 395 g/mol. The number of thioether (sulfide) groups is 1. The number of hydrogen-bond acceptors (Lipinski definition) is 6. The van der Waals surface area contributed by atoms with Crippen LogP contribution in [0.1, 0.15) is 21.5 Å². The second kappa shape index (κ2) is 7.81. The van der Waals surface area contributed by atoms with E-state index >= 15 is 0 Å². The molecular weight excluding hydrogens is 374 g/mol. The minimum Gasteiger partial charge on any atom is -0.465 e. The molecule has 2 aromatic rings. The molecule has 0 bridgehead atoms. The molecule has 1 aliphatic heterocycles. The highest BCUT2D eigenvalue weighted by Crippen LogP contribution is 2.23. The van der Waals surface area contributed by atoms with Crippen molar-refractivity contribution in [3.05, 3.63) is 47.2 Å². The quantitative estimate of drug-likeness (QED) is 0.718. The van der Waals surface area contributed by atoms with Gasteiger partial charge in [0.2, 0.25) is 5.03 Å². The van der Waals surface area contributed by atoms with Gasteiger partial charge in [-0.05, 0) is 18.1 Å². The first-order valence-electron chi connectivity index (χ1n) is 8.21. The number of esters is 1. The van der Waals surface area contributed by atoms with Crippen molar-refractivity contribution in [3.8, 4) is 0 Å². The molecular formula is C17H21N3O4S2. The summed E-state index contributed by atoms with van der Waals surface area (Å²) in [5.41, 5.74) is 2.05. The van der Waals surface area contributed by atoms with Crippen molar-refractivity contribution in [2.75, 3.05) is 31.7 Å². The molecule has 3 rings (SSSR count). The van der Waals surface area contributed by atoms with E-state index in [4.69, 9.17) is 4.74 Å². The number of carbonyl (C=O) groups is 1. The standard InChI is InChI=1S/C17H21N3O4S2/c1-13-5-3-4-6-14(13)11-19-12-15(17(21)24-2)16(18-19)26(22,23)20-7-9-25-10-8-20/h3-6,12H,7-11H2,1-2H3. The van der Waals surface area contributed by atoms with Crippen LogP contribution in [0.2, 0.25) is 0 Å². The normalized spacial score (nSPS) is 15.8. The zero-order valence-corrected chi connectivity index (χ0v) is 16.3. The number of nitrogens with zero attached hydrogens (tertiary/aromatic N) is 3. The van der Waals surface area contributed by atoms with Crippen LogP contribution in [0.25, 0.3) is 0 Å². The number of benzene rings is 1. The maximum absolute atomic E-state index is 13.0. The van der Waals surface area contributed by atoms with Gasteiger partial charge in [-0.1, -0.05) is 24.3 Å². The Morgan fingerprint density at radius 2 is 1.96 bits per heavy atom. The summed E-state index contributed by atoms with van der Waals surface area (Å²) in [6.45, 7) is 3.18. The van der Waals surface area contributed by atoms with Gasteiger partial charge in [-0.2, -0.15) is 21.2 Å². The Kier molecular flexibility index (Phi) is 5.69. The summed E-state index contributed by atoms with van der Waals surface area (Å²) >= 11 is 1.71. The molecule has 0 unspecified atom stereocenters. The van der Waals surface area contributed by atoms with Gasteiger partial charge in [-0.3, -0.25) is 4.68 Å². The van der Waals surface area contributed by atoms with Crippen molar-refractivity contribution >= 4 is 27.8 Å². The molecule has 7 nitrogen and oxygen atoms in total. The lowest BCUT2D eigenvalue weighted by Crippen LogP contribution is -2.38. The molecule has 140 valence electrons. The molecule has 0 spiro atoms. The molecule has 0 saturated carbocycles. The summed E-state index contributed by atoms with van der Waals surface area (Å²) in [6.07, 6.45) is 1.45. The third-order valence-electron chi connectivity index (χ3n) is 4.28. The number of sulfonamides is 1. The molecule has 1 aliphatic rings. The van der Waals surface area contributed by atoms with Crippen LogP contribution < -0.4 is 0 Å². The number of aromatic nitrogens is 2. The van der Waals surface area contributed by atoms with Crippen LogP contribution in [-0.2, 0) is 21.3 Å². The van der Waals surface area contributed by atoms with Crippen LogP contribution in [0.5, 0.6) is 0 Å². The van der Waals surface area contributed by atoms with E-state index in [-0.39, 0.29) is 10.6 Å². The van der Waals surface area contributed by atoms with Gasteiger partial charge in [-0.15, -0.1) is 0 Å². The van der Waals surface area contributed by atoms with Crippen LogP contribution in [0.3, 0.4) is 0 Å². The van der Waals surface area contributed by atoms with E-state index in [0.717, 1.165) is 22.6 Å². The van der Waals surface area contributed by atoms with Crippen molar-refractivity contribution in [2.45, 2.75) is 18.5 Å². The molecule has 1 saturated heterocycles. The van der Waals surface area contributed by atoms with Crippen molar-refractivity contribution in [3.63, 3.8) is 0 Å². The Balaban J connectivity index is 1.99. The molecule has 26 heavy (non-hydrogen) atoms. The average molecular weight is 396 g/mol. The number of ether oxygens (including phenoxy) is 1.